The van der Waals surface area contributed by atoms with E-state index >= 15 is 0 Å². The molecule has 0 atom stereocenters. The lowest BCUT2D eigenvalue weighted by molar-refractivity contribution is -0.113. The number of nitrogens with zero attached hydrogens (tertiary/aromatic N) is 3. The number of benzene rings is 2. The number of aryl methyl sites for hydroxylation is 1. The first-order chi connectivity index (χ1) is 13.0. The number of carbonyl (C=O) groups is 1. The van der Waals surface area contributed by atoms with Crippen LogP contribution >= 0.6 is 27.7 Å². The van der Waals surface area contributed by atoms with Crippen molar-refractivity contribution in [1.82, 2.24) is 14.8 Å². The summed E-state index contributed by atoms with van der Waals surface area (Å²) in [6.07, 6.45) is 0. The standard InChI is InChI=1S/C19H19BrN4O2S/c1-12-10-13(8-9-15(12)20)21-17(25)11-27-19-23-22-18(24(19)2)14-6-4-5-7-16(14)26-3/h4-10H,11H2,1-3H3,(H,21,25). The molecule has 0 unspecified atom stereocenters. The minimum Gasteiger partial charge on any atom is -0.496 e. The van der Waals surface area contributed by atoms with Gasteiger partial charge in [-0.2, -0.15) is 0 Å². The van der Waals surface area contributed by atoms with E-state index in [1.54, 1.807) is 7.11 Å². The van der Waals surface area contributed by atoms with Gasteiger partial charge in [0.25, 0.3) is 0 Å². The maximum absolute atomic E-state index is 12.2. The number of amides is 1. The number of anilines is 1. The van der Waals surface area contributed by atoms with Gasteiger partial charge in [-0.3, -0.25) is 4.79 Å². The van der Waals surface area contributed by atoms with Crippen LogP contribution in [0.15, 0.2) is 52.1 Å². The van der Waals surface area contributed by atoms with Crippen molar-refractivity contribution in [1.29, 1.82) is 0 Å². The number of halogens is 1. The Labute approximate surface area is 170 Å². The van der Waals surface area contributed by atoms with Crippen molar-refractivity contribution in [2.24, 2.45) is 7.05 Å². The number of carbonyl (C=O) groups excluding carboxylic acids is 1. The first kappa shape index (κ1) is 19.4. The van der Waals surface area contributed by atoms with E-state index in [1.807, 2.05) is 61.0 Å². The van der Waals surface area contributed by atoms with Crippen LogP contribution in [0.25, 0.3) is 11.4 Å². The highest BCUT2D eigenvalue weighted by Gasteiger charge is 2.16. The molecule has 0 bridgehead atoms. The zero-order valence-corrected chi connectivity index (χ0v) is 17.6. The Morgan fingerprint density at radius 1 is 1.26 bits per heavy atom. The van der Waals surface area contributed by atoms with Gasteiger partial charge in [0.15, 0.2) is 11.0 Å². The molecule has 1 amide bonds. The summed E-state index contributed by atoms with van der Waals surface area (Å²) in [5.41, 5.74) is 2.70. The average Bonchev–Trinajstić information content (AvgIpc) is 3.03. The number of hydrogen-bond acceptors (Lipinski definition) is 5. The number of para-hydroxylation sites is 1. The van der Waals surface area contributed by atoms with Gasteiger partial charge < -0.3 is 14.6 Å². The maximum atomic E-state index is 12.2. The largest absolute Gasteiger partial charge is 0.496 e. The number of methoxy groups -OCH3 is 1. The van der Waals surface area contributed by atoms with Crippen LogP contribution in [0.3, 0.4) is 0 Å². The van der Waals surface area contributed by atoms with Crippen LogP contribution < -0.4 is 10.1 Å². The second-order valence-electron chi connectivity index (χ2n) is 5.87. The molecular formula is C19H19BrN4O2S. The fourth-order valence-corrected chi connectivity index (χ4v) is 3.51. The fourth-order valence-electron chi connectivity index (χ4n) is 2.55. The van der Waals surface area contributed by atoms with Crippen LogP contribution in [0.2, 0.25) is 0 Å². The zero-order valence-electron chi connectivity index (χ0n) is 15.2. The minimum atomic E-state index is -0.0939. The van der Waals surface area contributed by atoms with E-state index in [0.29, 0.717) is 11.0 Å². The van der Waals surface area contributed by atoms with Crippen LogP contribution in [0.1, 0.15) is 5.56 Å². The van der Waals surface area contributed by atoms with Gasteiger partial charge in [-0.1, -0.05) is 39.8 Å². The molecule has 0 aliphatic carbocycles. The topological polar surface area (TPSA) is 69.0 Å². The normalized spacial score (nSPS) is 10.7. The van der Waals surface area contributed by atoms with E-state index in [2.05, 4.69) is 31.4 Å². The van der Waals surface area contributed by atoms with Crippen molar-refractivity contribution in [3.05, 3.63) is 52.5 Å². The molecule has 1 aromatic heterocycles. The van der Waals surface area contributed by atoms with E-state index in [1.165, 1.54) is 11.8 Å². The molecule has 0 aliphatic heterocycles. The summed E-state index contributed by atoms with van der Waals surface area (Å²) in [5, 5.41) is 12.0. The van der Waals surface area contributed by atoms with Crippen LogP contribution in [0.4, 0.5) is 5.69 Å². The molecule has 2 aromatic carbocycles. The number of hydrogen-bond donors (Lipinski definition) is 1. The predicted molar refractivity (Wildman–Crippen MR) is 111 cm³/mol. The number of thioether (sulfide) groups is 1. The van der Waals surface area contributed by atoms with Gasteiger partial charge in [0.2, 0.25) is 5.91 Å². The lowest BCUT2D eigenvalue weighted by Crippen LogP contribution is -2.14. The summed E-state index contributed by atoms with van der Waals surface area (Å²) < 4.78 is 8.26. The minimum absolute atomic E-state index is 0.0939. The van der Waals surface area contributed by atoms with Crippen molar-refractivity contribution in [3.63, 3.8) is 0 Å². The van der Waals surface area contributed by atoms with Crippen LogP contribution in [-0.4, -0.2) is 33.5 Å². The van der Waals surface area contributed by atoms with Crippen LogP contribution in [0, 0.1) is 6.92 Å². The third kappa shape index (κ3) is 4.51. The van der Waals surface area contributed by atoms with Crippen molar-refractivity contribution < 1.29 is 9.53 Å². The van der Waals surface area contributed by atoms with Crippen LogP contribution in [0.5, 0.6) is 5.75 Å². The molecule has 0 saturated heterocycles. The van der Waals surface area contributed by atoms with E-state index in [9.17, 15) is 4.79 Å². The monoisotopic (exact) mass is 446 g/mol. The van der Waals surface area contributed by atoms with Gasteiger partial charge in [0, 0.05) is 17.2 Å². The van der Waals surface area contributed by atoms with Gasteiger partial charge in [0.05, 0.1) is 18.4 Å². The van der Waals surface area contributed by atoms with Gasteiger partial charge in [-0.05, 0) is 42.8 Å². The number of ether oxygens (including phenoxy) is 1. The van der Waals surface area contributed by atoms with E-state index in [-0.39, 0.29) is 11.7 Å². The van der Waals surface area contributed by atoms with E-state index < -0.39 is 0 Å². The molecular weight excluding hydrogens is 428 g/mol. The van der Waals surface area contributed by atoms with Gasteiger partial charge in [-0.25, -0.2) is 0 Å². The molecule has 1 heterocycles. The third-order valence-electron chi connectivity index (χ3n) is 3.96. The molecule has 27 heavy (non-hydrogen) atoms. The summed E-state index contributed by atoms with van der Waals surface area (Å²) in [7, 11) is 3.50. The molecule has 0 saturated carbocycles. The molecule has 8 heteroatoms. The Balaban J connectivity index is 1.67. The highest BCUT2D eigenvalue weighted by atomic mass is 79.9. The maximum Gasteiger partial charge on any atom is 0.234 e. The van der Waals surface area contributed by atoms with Gasteiger partial charge in [-0.15, -0.1) is 10.2 Å². The Hall–Kier alpha value is -2.32. The van der Waals surface area contributed by atoms with Crippen LogP contribution in [-0.2, 0) is 11.8 Å². The first-order valence-electron chi connectivity index (χ1n) is 8.21. The van der Waals surface area contributed by atoms with Crippen molar-refractivity contribution in [3.8, 4) is 17.1 Å². The highest BCUT2D eigenvalue weighted by molar-refractivity contribution is 9.10. The Morgan fingerprint density at radius 2 is 2.04 bits per heavy atom. The SMILES string of the molecule is COc1ccccc1-c1nnc(SCC(=O)Nc2ccc(Br)c(C)c2)n1C. The molecule has 1 N–H and O–H groups in total. The van der Waals surface area contributed by atoms with Gasteiger partial charge in [0.1, 0.15) is 5.75 Å². The van der Waals surface area contributed by atoms with Crippen molar-refractivity contribution in [2.45, 2.75) is 12.1 Å². The molecule has 3 aromatic rings. The lowest BCUT2D eigenvalue weighted by atomic mass is 10.2. The predicted octanol–water partition coefficient (Wildman–Crippen LogP) is 4.29. The second kappa shape index (κ2) is 8.58. The molecule has 0 radical (unpaired) electrons. The Bertz CT molecular complexity index is 974. The fraction of sp³-hybridized carbons (Fsp3) is 0.211. The summed E-state index contributed by atoms with van der Waals surface area (Å²) in [4.78, 5) is 12.2. The molecule has 140 valence electrons. The zero-order chi connectivity index (χ0) is 19.4. The highest BCUT2D eigenvalue weighted by Crippen LogP contribution is 2.30. The second-order valence-corrected chi connectivity index (χ2v) is 7.66. The molecule has 0 spiro atoms. The number of rotatable bonds is 6. The van der Waals surface area contributed by atoms with Crippen molar-refractivity contribution >= 4 is 39.3 Å². The van der Waals surface area contributed by atoms with E-state index in [4.69, 9.17) is 4.74 Å². The Kier molecular flexibility index (Phi) is 6.18. The quantitative estimate of drug-likeness (QED) is 0.571. The van der Waals surface area contributed by atoms with E-state index in [0.717, 1.165) is 27.0 Å². The Morgan fingerprint density at radius 3 is 2.78 bits per heavy atom. The number of aromatic nitrogens is 3. The molecule has 0 aliphatic rings. The summed E-state index contributed by atoms with van der Waals surface area (Å²) >= 11 is 4.79. The molecule has 6 nitrogen and oxygen atoms in total. The summed E-state index contributed by atoms with van der Waals surface area (Å²) in [6, 6.07) is 13.3. The van der Waals surface area contributed by atoms with Gasteiger partial charge >= 0.3 is 0 Å². The average molecular weight is 447 g/mol. The lowest BCUT2D eigenvalue weighted by Gasteiger charge is -2.08. The molecule has 3 rings (SSSR count). The summed E-state index contributed by atoms with van der Waals surface area (Å²) in [6.45, 7) is 1.98. The number of nitrogens with one attached hydrogen (secondary N) is 1. The summed E-state index contributed by atoms with van der Waals surface area (Å²) in [5.74, 6) is 1.57. The first-order valence-corrected chi connectivity index (χ1v) is 9.99. The van der Waals surface area contributed by atoms with Crippen molar-refractivity contribution in [2.75, 3.05) is 18.2 Å². The third-order valence-corrected chi connectivity index (χ3v) is 5.87. The molecule has 0 fully saturated rings. The smallest absolute Gasteiger partial charge is 0.234 e.